The Kier molecular flexibility index (Phi) is 5.41. The number of thiophene rings is 1. The van der Waals surface area contributed by atoms with Gasteiger partial charge in [0.25, 0.3) is 0 Å². The lowest BCUT2D eigenvalue weighted by molar-refractivity contribution is -0.137. The van der Waals surface area contributed by atoms with Gasteiger partial charge in [-0.25, -0.2) is 9.97 Å². The summed E-state index contributed by atoms with van der Waals surface area (Å²) >= 11 is 1.01. The minimum absolute atomic E-state index is 0.454. The molecule has 1 aromatic carbocycles. The molecule has 3 rings (SSSR count). The molecule has 0 atom stereocenters. The topological polar surface area (TPSA) is 47.0 Å². The summed E-state index contributed by atoms with van der Waals surface area (Å²) in [5.74, 6) is 1.37. The third kappa shape index (κ3) is 4.51. The summed E-state index contributed by atoms with van der Waals surface area (Å²) in [5, 5.41) is 4.26. The lowest BCUT2D eigenvalue weighted by Gasteiger charge is -2.07. The zero-order valence-corrected chi connectivity index (χ0v) is 14.7. The molecule has 2 heterocycles. The molecule has 0 aliphatic carbocycles. The van der Waals surface area contributed by atoms with E-state index in [9.17, 15) is 13.2 Å². The molecule has 4 nitrogen and oxygen atoms in total. The molecule has 0 saturated carbocycles. The number of methoxy groups -OCH3 is 1. The molecule has 0 fully saturated rings. The molecule has 0 spiro atoms. The van der Waals surface area contributed by atoms with Crippen LogP contribution in [-0.4, -0.2) is 23.6 Å². The molecular formula is C18H16F3N3OS. The number of nitrogens with one attached hydrogen (secondary N) is 1. The van der Waals surface area contributed by atoms with E-state index in [0.717, 1.165) is 40.5 Å². The van der Waals surface area contributed by atoms with Gasteiger partial charge in [0.05, 0.1) is 23.2 Å². The molecule has 2 aromatic heterocycles. The summed E-state index contributed by atoms with van der Waals surface area (Å²) in [4.78, 5) is 8.64. The predicted molar refractivity (Wildman–Crippen MR) is 95.5 cm³/mol. The van der Waals surface area contributed by atoms with Crippen molar-refractivity contribution in [2.24, 2.45) is 0 Å². The molecule has 0 bridgehead atoms. The van der Waals surface area contributed by atoms with Crippen molar-refractivity contribution in [3.05, 3.63) is 59.2 Å². The third-order valence-corrected chi connectivity index (χ3v) is 4.65. The van der Waals surface area contributed by atoms with Crippen LogP contribution in [0.1, 0.15) is 11.1 Å². The van der Waals surface area contributed by atoms with Gasteiger partial charge in [-0.05, 0) is 30.2 Å². The van der Waals surface area contributed by atoms with E-state index in [-0.39, 0.29) is 0 Å². The number of hydrogen-bond acceptors (Lipinski definition) is 5. The molecule has 0 unspecified atom stereocenters. The normalized spacial score (nSPS) is 11.4. The van der Waals surface area contributed by atoms with Gasteiger partial charge in [0.15, 0.2) is 0 Å². The maximum atomic E-state index is 12.7. The predicted octanol–water partition coefficient (Wildman–Crippen LogP) is 4.89. The first kappa shape index (κ1) is 18.2. The van der Waals surface area contributed by atoms with Crippen LogP contribution in [0.15, 0.2) is 48.1 Å². The second kappa shape index (κ2) is 7.74. The van der Waals surface area contributed by atoms with Gasteiger partial charge in [-0.15, -0.1) is 11.3 Å². The van der Waals surface area contributed by atoms with Crippen LogP contribution in [0.25, 0.3) is 10.6 Å². The number of anilines is 1. The van der Waals surface area contributed by atoms with Gasteiger partial charge in [-0.1, -0.05) is 12.1 Å². The Bertz CT molecular complexity index is 880. The van der Waals surface area contributed by atoms with Gasteiger partial charge < -0.3 is 10.1 Å². The Hall–Kier alpha value is -2.61. The molecule has 0 radical (unpaired) electrons. The van der Waals surface area contributed by atoms with E-state index in [1.807, 2.05) is 24.3 Å². The van der Waals surface area contributed by atoms with Crippen molar-refractivity contribution in [1.82, 2.24) is 9.97 Å². The molecule has 8 heteroatoms. The lowest BCUT2D eigenvalue weighted by atomic mass is 10.1. The van der Waals surface area contributed by atoms with Crippen LogP contribution in [-0.2, 0) is 12.6 Å². The quantitative estimate of drug-likeness (QED) is 0.663. The summed E-state index contributed by atoms with van der Waals surface area (Å²) in [6, 6.07) is 10.5. The first-order valence-electron chi connectivity index (χ1n) is 7.80. The number of hydrogen-bond donors (Lipinski definition) is 1. The number of benzene rings is 1. The average Bonchev–Trinajstić information content (AvgIpc) is 3.13. The maximum absolute atomic E-state index is 12.7. The third-order valence-electron chi connectivity index (χ3n) is 3.70. The monoisotopic (exact) mass is 379 g/mol. The summed E-state index contributed by atoms with van der Waals surface area (Å²) in [6.45, 7) is 0.627. The fraction of sp³-hybridized carbons (Fsp3) is 0.222. The fourth-order valence-electron chi connectivity index (χ4n) is 2.37. The largest absolute Gasteiger partial charge is 0.497 e. The molecule has 26 heavy (non-hydrogen) atoms. The molecular weight excluding hydrogens is 363 g/mol. The summed E-state index contributed by atoms with van der Waals surface area (Å²) in [5.41, 5.74) is 0.909. The van der Waals surface area contributed by atoms with E-state index in [1.54, 1.807) is 13.2 Å². The number of rotatable bonds is 6. The van der Waals surface area contributed by atoms with Gasteiger partial charge in [0.2, 0.25) is 0 Å². The molecule has 136 valence electrons. The van der Waals surface area contributed by atoms with E-state index in [1.165, 1.54) is 6.33 Å². The zero-order chi connectivity index (χ0) is 18.6. The Balaban J connectivity index is 1.65. The highest BCUT2D eigenvalue weighted by Crippen LogP contribution is 2.36. The second-order valence-corrected chi connectivity index (χ2v) is 6.43. The first-order chi connectivity index (χ1) is 12.5. The van der Waals surface area contributed by atoms with Crippen molar-refractivity contribution < 1.29 is 17.9 Å². The summed E-state index contributed by atoms with van der Waals surface area (Å²) in [6.07, 6.45) is -2.25. The number of nitrogens with zero attached hydrogens (tertiary/aromatic N) is 2. The summed E-state index contributed by atoms with van der Waals surface area (Å²) < 4.78 is 43.4. The van der Waals surface area contributed by atoms with Gasteiger partial charge in [-0.3, -0.25) is 0 Å². The van der Waals surface area contributed by atoms with Crippen molar-refractivity contribution in [2.45, 2.75) is 12.6 Å². The molecule has 0 saturated heterocycles. The highest BCUT2D eigenvalue weighted by molar-refractivity contribution is 7.13. The van der Waals surface area contributed by atoms with Crippen molar-refractivity contribution >= 4 is 17.2 Å². The molecule has 1 N–H and O–H groups in total. The Morgan fingerprint density at radius 3 is 2.73 bits per heavy atom. The van der Waals surface area contributed by atoms with Gasteiger partial charge in [-0.2, -0.15) is 13.2 Å². The lowest BCUT2D eigenvalue weighted by Crippen LogP contribution is -2.06. The first-order valence-corrected chi connectivity index (χ1v) is 8.68. The van der Waals surface area contributed by atoms with Crippen molar-refractivity contribution in [3.63, 3.8) is 0 Å². The molecule has 0 aliphatic heterocycles. The van der Waals surface area contributed by atoms with E-state index in [0.29, 0.717) is 22.9 Å². The van der Waals surface area contributed by atoms with E-state index >= 15 is 0 Å². The standard InChI is InChI=1S/C18H16F3N3OS/c1-25-14-4-2-3-12(7-14)5-6-22-17-9-15(23-11-24-17)16-8-13(10-26-16)18(19,20)21/h2-4,7-11H,5-6H2,1H3,(H,22,23,24). The highest BCUT2D eigenvalue weighted by atomic mass is 32.1. The van der Waals surface area contributed by atoms with Crippen molar-refractivity contribution in [3.8, 4) is 16.3 Å². The van der Waals surface area contributed by atoms with E-state index in [2.05, 4.69) is 15.3 Å². The maximum Gasteiger partial charge on any atom is 0.417 e. The average molecular weight is 379 g/mol. The smallest absolute Gasteiger partial charge is 0.417 e. The highest BCUT2D eigenvalue weighted by Gasteiger charge is 2.31. The Labute approximate surface area is 152 Å². The van der Waals surface area contributed by atoms with Crippen LogP contribution >= 0.6 is 11.3 Å². The molecule has 3 aromatic rings. The molecule has 0 amide bonds. The fourth-order valence-corrected chi connectivity index (χ4v) is 3.25. The summed E-state index contributed by atoms with van der Waals surface area (Å²) in [7, 11) is 1.62. The van der Waals surface area contributed by atoms with Crippen LogP contribution in [0.5, 0.6) is 5.75 Å². The number of aromatic nitrogens is 2. The van der Waals surface area contributed by atoms with Crippen molar-refractivity contribution in [1.29, 1.82) is 0 Å². The number of ether oxygens (including phenoxy) is 1. The van der Waals surface area contributed by atoms with Gasteiger partial charge >= 0.3 is 6.18 Å². The van der Waals surface area contributed by atoms with E-state index < -0.39 is 11.7 Å². The molecule has 0 aliphatic rings. The van der Waals surface area contributed by atoms with Crippen LogP contribution in [0.2, 0.25) is 0 Å². The zero-order valence-electron chi connectivity index (χ0n) is 13.9. The van der Waals surface area contributed by atoms with Crippen LogP contribution in [0, 0.1) is 0 Å². The van der Waals surface area contributed by atoms with Crippen LogP contribution < -0.4 is 10.1 Å². The Morgan fingerprint density at radius 1 is 1.15 bits per heavy atom. The van der Waals surface area contributed by atoms with Crippen LogP contribution in [0.3, 0.4) is 0 Å². The Morgan fingerprint density at radius 2 is 2.00 bits per heavy atom. The van der Waals surface area contributed by atoms with Crippen molar-refractivity contribution in [2.75, 3.05) is 19.0 Å². The SMILES string of the molecule is COc1cccc(CCNc2cc(-c3cc(C(F)(F)F)cs3)ncn2)c1. The van der Waals surface area contributed by atoms with Gasteiger partial charge in [0.1, 0.15) is 17.9 Å². The minimum atomic E-state index is -4.35. The number of halogens is 3. The number of alkyl halides is 3. The minimum Gasteiger partial charge on any atom is -0.497 e. The second-order valence-electron chi connectivity index (χ2n) is 5.51. The van der Waals surface area contributed by atoms with Crippen LogP contribution in [0.4, 0.5) is 19.0 Å². The van der Waals surface area contributed by atoms with E-state index in [4.69, 9.17) is 4.74 Å². The van der Waals surface area contributed by atoms with Gasteiger partial charge in [0, 0.05) is 18.0 Å².